The maximum atomic E-state index is 12.5. The fourth-order valence-corrected chi connectivity index (χ4v) is 3.53. The van der Waals surface area contributed by atoms with Gasteiger partial charge < -0.3 is 10.1 Å². The Bertz CT molecular complexity index is 1190. The molecule has 0 aliphatic heterocycles. The van der Waals surface area contributed by atoms with Crippen molar-refractivity contribution in [2.75, 3.05) is 0 Å². The summed E-state index contributed by atoms with van der Waals surface area (Å²) in [6, 6.07) is 21.5. The van der Waals surface area contributed by atoms with Crippen LogP contribution in [0.2, 0.25) is 0 Å². The zero-order valence-electron chi connectivity index (χ0n) is 18.3. The third kappa shape index (κ3) is 5.03. The van der Waals surface area contributed by atoms with Crippen LogP contribution in [0.25, 0.3) is 5.69 Å². The number of amides is 1. The second kappa shape index (κ2) is 9.92. The number of aryl methyl sites for hydroxylation is 2. The summed E-state index contributed by atoms with van der Waals surface area (Å²) >= 11 is 0. The van der Waals surface area contributed by atoms with E-state index in [0.29, 0.717) is 25.3 Å². The Morgan fingerprint density at radius 3 is 2.53 bits per heavy atom. The van der Waals surface area contributed by atoms with Crippen molar-refractivity contribution in [3.05, 3.63) is 102 Å². The molecule has 2 aromatic heterocycles. The minimum atomic E-state index is -0.0254. The molecule has 0 fully saturated rings. The van der Waals surface area contributed by atoms with Gasteiger partial charge in [0.2, 0.25) is 11.8 Å². The molecule has 1 amide bonds. The Morgan fingerprint density at radius 1 is 1.00 bits per heavy atom. The van der Waals surface area contributed by atoms with Gasteiger partial charge in [0.05, 0.1) is 11.4 Å². The van der Waals surface area contributed by atoms with Gasteiger partial charge in [0.15, 0.2) is 0 Å². The van der Waals surface area contributed by atoms with Crippen LogP contribution in [0.3, 0.4) is 0 Å². The highest BCUT2D eigenvalue weighted by Gasteiger charge is 2.20. The lowest BCUT2D eigenvalue weighted by atomic mass is 10.1. The predicted molar refractivity (Wildman–Crippen MR) is 124 cm³/mol. The van der Waals surface area contributed by atoms with E-state index >= 15 is 0 Å². The molecule has 1 N–H and O–H groups in total. The zero-order valence-corrected chi connectivity index (χ0v) is 18.3. The molecule has 2 heterocycles. The van der Waals surface area contributed by atoms with Gasteiger partial charge >= 0.3 is 0 Å². The molecule has 0 bridgehead atoms. The molecule has 2 aromatic carbocycles. The van der Waals surface area contributed by atoms with Crippen molar-refractivity contribution in [2.45, 2.75) is 33.2 Å². The largest absolute Gasteiger partial charge is 0.439 e. The summed E-state index contributed by atoms with van der Waals surface area (Å²) in [5, 5.41) is 7.72. The number of nitrogens with one attached hydrogen (secondary N) is 1. The van der Waals surface area contributed by atoms with E-state index in [2.05, 4.69) is 10.3 Å². The first-order valence-corrected chi connectivity index (χ1v) is 10.6. The summed E-state index contributed by atoms with van der Waals surface area (Å²) in [7, 11) is 0. The fraction of sp³-hybridized carbons (Fsp3) is 0.192. The predicted octanol–water partition coefficient (Wildman–Crippen LogP) is 4.93. The lowest BCUT2D eigenvalue weighted by molar-refractivity contribution is -0.121. The van der Waals surface area contributed by atoms with Gasteiger partial charge in [0.25, 0.3) is 0 Å². The molecule has 32 heavy (non-hydrogen) atoms. The van der Waals surface area contributed by atoms with Crippen LogP contribution in [0, 0.1) is 13.8 Å². The molecule has 0 aliphatic rings. The number of carbonyl (C=O) groups excluding carboxylic acids is 1. The van der Waals surface area contributed by atoms with E-state index in [1.165, 1.54) is 0 Å². The van der Waals surface area contributed by atoms with Crippen LogP contribution in [0.4, 0.5) is 0 Å². The highest BCUT2D eigenvalue weighted by Crippen LogP contribution is 2.32. The van der Waals surface area contributed by atoms with Crippen LogP contribution in [0.15, 0.2) is 79.1 Å². The number of pyridine rings is 1. The summed E-state index contributed by atoms with van der Waals surface area (Å²) in [6.45, 7) is 4.46. The summed E-state index contributed by atoms with van der Waals surface area (Å²) in [5.41, 5.74) is 4.79. The minimum absolute atomic E-state index is 0.0254. The monoisotopic (exact) mass is 426 g/mol. The average Bonchev–Trinajstić information content (AvgIpc) is 3.12. The second-order valence-electron chi connectivity index (χ2n) is 7.62. The third-order valence-electron chi connectivity index (χ3n) is 5.25. The molecular weight excluding hydrogens is 400 g/mol. The summed E-state index contributed by atoms with van der Waals surface area (Å²) < 4.78 is 8.13. The number of hydrogen-bond donors (Lipinski definition) is 1. The van der Waals surface area contributed by atoms with Crippen LogP contribution in [0.5, 0.6) is 11.6 Å². The number of nitrogens with zero attached hydrogens (tertiary/aromatic N) is 3. The van der Waals surface area contributed by atoms with Gasteiger partial charge in [0.1, 0.15) is 5.75 Å². The first-order valence-electron chi connectivity index (χ1n) is 10.6. The third-order valence-corrected chi connectivity index (χ3v) is 5.25. The molecule has 0 saturated heterocycles. The van der Waals surface area contributed by atoms with Crippen LogP contribution in [-0.4, -0.2) is 20.7 Å². The van der Waals surface area contributed by atoms with Crippen molar-refractivity contribution in [1.29, 1.82) is 0 Å². The molecule has 0 atom stereocenters. The SMILES string of the molecule is Cc1ccccc1-n1nc(C)c(CCC(=O)NCc2cccnc2)c1Oc1ccccc1. The topological polar surface area (TPSA) is 69.0 Å². The van der Waals surface area contributed by atoms with Gasteiger partial charge in [-0.05, 0) is 55.7 Å². The molecule has 0 saturated carbocycles. The Hall–Kier alpha value is -3.93. The number of para-hydroxylation sites is 2. The molecule has 0 spiro atoms. The van der Waals surface area contributed by atoms with Gasteiger partial charge in [-0.15, -0.1) is 0 Å². The number of ether oxygens (including phenoxy) is 1. The van der Waals surface area contributed by atoms with Gasteiger partial charge in [-0.3, -0.25) is 9.78 Å². The standard InChI is InChI=1S/C26H26N4O2/c1-19-9-6-7-13-24(19)30-26(32-22-11-4-3-5-12-22)23(20(2)29-30)14-15-25(31)28-18-21-10-8-16-27-17-21/h3-13,16-17H,14-15,18H2,1-2H3,(H,28,31). The van der Waals surface area contributed by atoms with Crippen molar-refractivity contribution < 1.29 is 9.53 Å². The van der Waals surface area contributed by atoms with E-state index in [1.54, 1.807) is 12.4 Å². The average molecular weight is 427 g/mol. The Kier molecular flexibility index (Phi) is 6.60. The smallest absolute Gasteiger partial charge is 0.226 e. The fourth-order valence-electron chi connectivity index (χ4n) is 3.53. The van der Waals surface area contributed by atoms with Crippen LogP contribution in [0.1, 0.15) is 28.8 Å². The molecule has 0 aliphatic carbocycles. The molecule has 0 radical (unpaired) electrons. The van der Waals surface area contributed by atoms with Crippen molar-refractivity contribution in [3.63, 3.8) is 0 Å². The van der Waals surface area contributed by atoms with E-state index in [9.17, 15) is 4.79 Å². The summed E-state index contributed by atoms with van der Waals surface area (Å²) in [4.78, 5) is 16.6. The van der Waals surface area contributed by atoms with Crippen molar-refractivity contribution in [2.24, 2.45) is 0 Å². The van der Waals surface area contributed by atoms with E-state index < -0.39 is 0 Å². The van der Waals surface area contributed by atoms with Crippen LogP contribution < -0.4 is 10.1 Å². The summed E-state index contributed by atoms with van der Waals surface area (Å²) in [6.07, 6.45) is 4.33. The van der Waals surface area contributed by atoms with Crippen LogP contribution >= 0.6 is 0 Å². The normalized spacial score (nSPS) is 10.7. The zero-order chi connectivity index (χ0) is 22.3. The van der Waals surface area contributed by atoms with Crippen molar-refractivity contribution in [1.82, 2.24) is 20.1 Å². The number of rotatable bonds is 8. The van der Waals surface area contributed by atoms with E-state index in [1.807, 2.05) is 85.3 Å². The van der Waals surface area contributed by atoms with Crippen molar-refractivity contribution in [3.8, 4) is 17.3 Å². The number of aromatic nitrogens is 3. The van der Waals surface area contributed by atoms with Gasteiger partial charge in [0, 0.05) is 30.9 Å². The van der Waals surface area contributed by atoms with Crippen molar-refractivity contribution >= 4 is 5.91 Å². The lowest BCUT2D eigenvalue weighted by Gasteiger charge is -2.13. The molecular formula is C26H26N4O2. The molecule has 4 aromatic rings. The quantitative estimate of drug-likeness (QED) is 0.434. The Balaban J connectivity index is 1.56. The first kappa shape index (κ1) is 21.3. The van der Waals surface area contributed by atoms with E-state index in [-0.39, 0.29) is 5.91 Å². The lowest BCUT2D eigenvalue weighted by Crippen LogP contribution is -2.23. The highest BCUT2D eigenvalue weighted by atomic mass is 16.5. The second-order valence-corrected chi connectivity index (χ2v) is 7.62. The first-order chi connectivity index (χ1) is 15.6. The molecule has 6 nitrogen and oxygen atoms in total. The molecule has 162 valence electrons. The number of carbonyl (C=O) groups is 1. The molecule has 4 rings (SSSR count). The molecule has 0 unspecified atom stereocenters. The maximum Gasteiger partial charge on any atom is 0.226 e. The van der Waals surface area contributed by atoms with Gasteiger partial charge in [-0.1, -0.05) is 42.5 Å². The number of benzene rings is 2. The summed E-state index contributed by atoms with van der Waals surface area (Å²) in [5.74, 6) is 1.34. The maximum absolute atomic E-state index is 12.5. The van der Waals surface area contributed by atoms with Gasteiger partial charge in [-0.25, -0.2) is 0 Å². The number of hydrogen-bond acceptors (Lipinski definition) is 4. The Morgan fingerprint density at radius 2 is 1.78 bits per heavy atom. The Labute approximate surface area is 187 Å². The van der Waals surface area contributed by atoms with Gasteiger partial charge in [-0.2, -0.15) is 9.78 Å². The van der Waals surface area contributed by atoms with Crippen LogP contribution in [-0.2, 0) is 17.8 Å². The van der Waals surface area contributed by atoms with E-state index in [0.717, 1.165) is 33.8 Å². The molecule has 6 heteroatoms. The van der Waals surface area contributed by atoms with E-state index in [4.69, 9.17) is 9.84 Å². The minimum Gasteiger partial charge on any atom is -0.439 e. The highest BCUT2D eigenvalue weighted by molar-refractivity contribution is 5.76.